The van der Waals surface area contributed by atoms with Crippen LogP contribution in [0.5, 0.6) is 0 Å². The first-order chi connectivity index (χ1) is 14.5. The van der Waals surface area contributed by atoms with E-state index in [1.54, 1.807) is 18.7 Å². The van der Waals surface area contributed by atoms with Crippen LogP contribution in [0.1, 0.15) is 36.6 Å². The number of anilines is 1. The van der Waals surface area contributed by atoms with Gasteiger partial charge in [-0.05, 0) is 44.7 Å². The van der Waals surface area contributed by atoms with Gasteiger partial charge in [0.25, 0.3) is 5.56 Å². The average molecular weight is 427 g/mol. The second-order valence-corrected chi connectivity index (χ2v) is 8.65. The zero-order valence-electron chi connectivity index (χ0n) is 17.6. The molecule has 7 nitrogen and oxygen atoms in total. The summed E-state index contributed by atoms with van der Waals surface area (Å²) in [5, 5.41) is 0.649. The minimum absolute atomic E-state index is 0.0128. The minimum Gasteiger partial charge on any atom is -0.376 e. The molecule has 1 aliphatic rings. The number of amides is 1. The zero-order chi connectivity index (χ0) is 21.3. The second kappa shape index (κ2) is 8.65. The van der Waals surface area contributed by atoms with Crippen molar-refractivity contribution >= 4 is 32.6 Å². The Morgan fingerprint density at radius 3 is 2.93 bits per heavy atom. The van der Waals surface area contributed by atoms with Crippen LogP contribution in [0.15, 0.2) is 29.3 Å². The number of thiazole rings is 1. The molecule has 3 heterocycles. The van der Waals surface area contributed by atoms with Crippen molar-refractivity contribution in [2.24, 2.45) is 0 Å². The molecule has 1 atom stereocenters. The molecule has 0 N–H and O–H groups in total. The summed E-state index contributed by atoms with van der Waals surface area (Å²) >= 11 is 1.50. The third kappa shape index (κ3) is 4.02. The molecule has 158 valence electrons. The molecule has 8 heteroatoms. The van der Waals surface area contributed by atoms with Gasteiger partial charge in [-0.2, -0.15) is 0 Å². The zero-order valence-corrected chi connectivity index (χ0v) is 18.4. The molecule has 0 spiro atoms. The number of ether oxygens (including phenoxy) is 1. The van der Waals surface area contributed by atoms with Crippen LogP contribution in [-0.4, -0.2) is 39.7 Å². The third-order valence-electron chi connectivity index (χ3n) is 5.64. The number of benzene rings is 1. The van der Waals surface area contributed by atoms with E-state index in [9.17, 15) is 9.59 Å². The van der Waals surface area contributed by atoms with E-state index >= 15 is 0 Å². The number of carbonyl (C=O) groups is 1. The van der Waals surface area contributed by atoms with E-state index in [2.05, 4.69) is 18.0 Å². The molecule has 1 saturated heterocycles. The molecule has 0 radical (unpaired) electrons. The van der Waals surface area contributed by atoms with Crippen LogP contribution in [-0.2, 0) is 22.5 Å². The first-order valence-electron chi connectivity index (χ1n) is 10.3. The predicted octanol–water partition coefficient (Wildman–Crippen LogP) is 3.24. The van der Waals surface area contributed by atoms with Crippen molar-refractivity contribution in [2.75, 3.05) is 18.1 Å². The van der Waals surface area contributed by atoms with Gasteiger partial charge in [-0.1, -0.05) is 30.4 Å². The van der Waals surface area contributed by atoms with Crippen molar-refractivity contribution < 1.29 is 9.53 Å². The van der Waals surface area contributed by atoms with Crippen molar-refractivity contribution in [3.05, 3.63) is 51.7 Å². The van der Waals surface area contributed by atoms with Gasteiger partial charge in [0.1, 0.15) is 6.54 Å². The highest BCUT2D eigenvalue weighted by molar-refractivity contribution is 7.22. The average Bonchev–Trinajstić information content (AvgIpc) is 3.41. The Morgan fingerprint density at radius 1 is 1.37 bits per heavy atom. The molecule has 2 aromatic heterocycles. The number of hydrogen-bond donors (Lipinski definition) is 0. The molecule has 0 aliphatic carbocycles. The van der Waals surface area contributed by atoms with Gasteiger partial charge in [-0.25, -0.2) is 9.97 Å². The summed E-state index contributed by atoms with van der Waals surface area (Å²) in [4.78, 5) is 36.6. The van der Waals surface area contributed by atoms with E-state index < -0.39 is 0 Å². The molecular weight excluding hydrogens is 400 g/mol. The van der Waals surface area contributed by atoms with Crippen LogP contribution in [0.25, 0.3) is 10.2 Å². The number of aromatic nitrogens is 3. The van der Waals surface area contributed by atoms with Gasteiger partial charge in [0.05, 0.1) is 29.2 Å². The van der Waals surface area contributed by atoms with Gasteiger partial charge in [-0.15, -0.1) is 0 Å². The van der Waals surface area contributed by atoms with E-state index in [1.807, 2.05) is 12.1 Å². The van der Waals surface area contributed by atoms with Crippen molar-refractivity contribution in [3.8, 4) is 0 Å². The van der Waals surface area contributed by atoms with Crippen molar-refractivity contribution in [1.82, 2.24) is 14.5 Å². The highest BCUT2D eigenvalue weighted by atomic mass is 32.1. The Kier molecular flexibility index (Phi) is 5.97. The number of para-hydroxylation sites is 1. The molecule has 0 saturated carbocycles. The number of fused-ring (bicyclic) bond motifs is 1. The topological polar surface area (TPSA) is 77.3 Å². The summed E-state index contributed by atoms with van der Waals surface area (Å²) in [7, 11) is 0. The summed E-state index contributed by atoms with van der Waals surface area (Å²) in [6, 6.07) is 6.12. The fraction of sp³-hybridized carbons (Fsp3) is 0.455. The normalized spacial score (nSPS) is 16.3. The van der Waals surface area contributed by atoms with Crippen LogP contribution >= 0.6 is 11.3 Å². The van der Waals surface area contributed by atoms with Crippen LogP contribution in [0.2, 0.25) is 0 Å². The van der Waals surface area contributed by atoms with Gasteiger partial charge < -0.3 is 4.74 Å². The fourth-order valence-electron chi connectivity index (χ4n) is 3.69. The standard InChI is InChI=1S/C22H26N4O3S/c1-4-16-7-5-9-18-20(16)24-22(30-18)26(11-17-8-6-10-29-17)19(27)12-25-13-23-15(3)14(2)21(25)28/h5,7,9,13,17H,4,6,8,10-12H2,1-3H3. The molecule has 3 aromatic rings. The van der Waals surface area contributed by atoms with Crippen molar-refractivity contribution in [3.63, 3.8) is 0 Å². The van der Waals surface area contributed by atoms with Gasteiger partial charge in [0.15, 0.2) is 5.13 Å². The van der Waals surface area contributed by atoms with E-state index in [1.165, 1.54) is 22.2 Å². The number of hydrogen-bond acceptors (Lipinski definition) is 6. The number of aryl methyl sites for hydroxylation is 2. The van der Waals surface area contributed by atoms with E-state index in [0.717, 1.165) is 35.0 Å². The molecule has 1 aliphatic heterocycles. The smallest absolute Gasteiger partial charge is 0.256 e. The Bertz CT molecular complexity index is 1130. The molecule has 4 rings (SSSR count). The van der Waals surface area contributed by atoms with Gasteiger partial charge in [-0.3, -0.25) is 19.1 Å². The molecule has 1 aromatic carbocycles. The molecule has 30 heavy (non-hydrogen) atoms. The van der Waals surface area contributed by atoms with Gasteiger partial charge >= 0.3 is 0 Å². The summed E-state index contributed by atoms with van der Waals surface area (Å²) in [5.74, 6) is -0.185. The Morgan fingerprint density at radius 2 is 2.20 bits per heavy atom. The lowest BCUT2D eigenvalue weighted by Gasteiger charge is -2.23. The monoisotopic (exact) mass is 426 g/mol. The number of nitrogens with zero attached hydrogens (tertiary/aromatic N) is 4. The summed E-state index contributed by atoms with van der Waals surface area (Å²) < 4.78 is 8.21. The van der Waals surface area contributed by atoms with Crippen LogP contribution in [0.4, 0.5) is 5.13 Å². The maximum atomic E-state index is 13.3. The predicted molar refractivity (Wildman–Crippen MR) is 118 cm³/mol. The van der Waals surface area contributed by atoms with E-state index in [0.29, 0.717) is 29.5 Å². The Hall–Kier alpha value is -2.58. The Labute approximate surface area is 179 Å². The van der Waals surface area contributed by atoms with E-state index in [4.69, 9.17) is 9.72 Å². The highest BCUT2D eigenvalue weighted by Crippen LogP contribution is 2.32. The lowest BCUT2D eigenvalue weighted by molar-refractivity contribution is -0.119. The summed E-state index contributed by atoms with van der Waals surface area (Å²) in [6.45, 7) is 6.70. The molecule has 1 unspecified atom stereocenters. The molecule has 1 fully saturated rings. The number of carbonyl (C=O) groups excluding carboxylic acids is 1. The summed E-state index contributed by atoms with van der Waals surface area (Å²) in [5.41, 5.74) is 3.15. The largest absolute Gasteiger partial charge is 0.376 e. The quantitative estimate of drug-likeness (QED) is 0.605. The van der Waals surface area contributed by atoms with Crippen molar-refractivity contribution in [2.45, 2.75) is 52.7 Å². The van der Waals surface area contributed by atoms with E-state index in [-0.39, 0.29) is 24.1 Å². The molecule has 1 amide bonds. The first-order valence-corrected chi connectivity index (χ1v) is 11.1. The first kappa shape index (κ1) is 20.7. The van der Waals surface area contributed by atoms with Gasteiger partial charge in [0.2, 0.25) is 5.91 Å². The maximum absolute atomic E-state index is 13.3. The molecular formula is C22H26N4O3S. The minimum atomic E-state index is -0.189. The lowest BCUT2D eigenvalue weighted by atomic mass is 10.1. The Balaban J connectivity index is 1.68. The maximum Gasteiger partial charge on any atom is 0.256 e. The van der Waals surface area contributed by atoms with Crippen molar-refractivity contribution in [1.29, 1.82) is 0 Å². The van der Waals surface area contributed by atoms with Gasteiger partial charge in [0, 0.05) is 17.9 Å². The molecule has 0 bridgehead atoms. The summed E-state index contributed by atoms with van der Waals surface area (Å²) in [6.07, 6.45) is 4.22. The SMILES string of the molecule is CCc1cccc2sc(N(CC3CCCO3)C(=O)Cn3cnc(C)c(C)c3=O)nc12. The second-order valence-electron chi connectivity index (χ2n) is 7.64. The third-order valence-corrected chi connectivity index (χ3v) is 6.68. The fourth-order valence-corrected chi connectivity index (χ4v) is 4.73. The highest BCUT2D eigenvalue weighted by Gasteiger charge is 2.27. The number of rotatable bonds is 6. The van der Waals surface area contributed by atoms with Crippen LogP contribution < -0.4 is 10.5 Å². The van der Waals surface area contributed by atoms with Crippen LogP contribution in [0.3, 0.4) is 0 Å². The van der Waals surface area contributed by atoms with Crippen LogP contribution in [0, 0.1) is 13.8 Å². The lowest BCUT2D eigenvalue weighted by Crippen LogP contribution is -2.41.